The van der Waals surface area contributed by atoms with Gasteiger partial charge >= 0.3 is 6.18 Å². The van der Waals surface area contributed by atoms with Crippen LogP contribution in [0, 0.1) is 19.8 Å². The first-order valence-electron chi connectivity index (χ1n) is 12.0. The number of aryl methyl sites for hydroxylation is 3. The number of piperidine rings is 1. The van der Waals surface area contributed by atoms with E-state index in [1.54, 1.807) is 6.20 Å². The first-order valence-corrected chi connectivity index (χ1v) is 12.0. The third-order valence-corrected chi connectivity index (χ3v) is 6.84. The van der Waals surface area contributed by atoms with E-state index in [-0.39, 0.29) is 11.9 Å². The number of hydrogen-bond donors (Lipinski definition) is 0. The summed E-state index contributed by atoms with van der Waals surface area (Å²) in [5, 5.41) is 0. The Morgan fingerprint density at radius 2 is 1.89 bits per heavy atom. The van der Waals surface area contributed by atoms with Gasteiger partial charge in [-0.15, -0.1) is 0 Å². The summed E-state index contributed by atoms with van der Waals surface area (Å²) < 4.78 is 38.6. The molecule has 2 atom stereocenters. The monoisotopic (exact) mass is 481 g/mol. The van der Waals surface area contributed by atoms with E-state index in [9.17, 15) is 18.0 Å². The van der Waals surface area contributed by atoms with Gasteiger partial charge in [0.1, 0.15) is 0 Å². The molecule has 0 spiro atoms. The second kappa shape index (κ2) is 10.2. The third-order valence-electron chi connectivity index (χ3n) is 6.84. The lowest BCUT2D eigenvalue weighted by molar-refractivity contribution is -0.137. The number of pyridine rings is 2. The van der Waals surface area contributed by atoms with Crippen molar-refractivity contribution in [1.82, 2.24) is 14.9 Å². The Bertz CT molecular complexity index is 1190. The number of alkyl halides is 3. The third kappa shape index (κ3) is 5.72. The van der Waals surface area contributed by atoms with E-state index < -0.39 is 11.7 Å². The molecule has 2 aromatic heterocycles. The number of amides is 1. The molecule has 0 saturated carbocycles. The lowest BCUT2D eigenvalue weighted by Crippen LogP contribution is -2.48. The molecule has 1 aromatic carbocycles. The SMILES string of the molecule is Cc1ccc(-c2ccnc(C)c2)c(C(=O)N2CCC[C@@H](C)[C@H]2CCc2ccc(C(F)(F)F)cn2)c1. The molecule has 35 heavy (non-hydrogen) atoms. The van der Waals surface area contributed by atoms with Gasteiger partial charge in [0.25, 0.3) is 5.91 Å². The molecule has 1 aliphatic heterocycles. The van der Waals surface area contributed by atoms with E-state index in [1.165, 1.54) is 6.07 Å². The molecule has 1 fully saturated rings. The fraction of sp³-hybridized carbons (Fsp3) is 0.393. The summed E-state index contributed by atoms with van der Waals surface area (Å²) in [4.78, 5) is 24.2. The zero-order chi connectivity index (χ0) is 25.2. The predicted octanol–water partition coefficient (Wildman–Crippen LogP) is 6.65. The van der Waals surface area contributed by atoms with Crippen molar-refractivity contribution in [2.24, 2.45) is 5.92 Å². The molecule has 0 bridgehead atoms. The highest BCUT2D eigenvalue weighted by atomic mass is 19.4. The fourth-order valence-electron chi connectivity index (χ4n) is 4.93. The first kappa shape index (κ1) is 24.9. The number of carbonyl (C=O) groups excluding carboxylic acids is 1. The van der Waals surface area contributed by atoms with E-state index in [1.807, 2.05) is 49.1 Å². The van der Waals surface area contributed by atoms with Crippen LogP contribution in [0.5, 0.6) is 0 Å². The van der Waals surface area contributed by atoms with Gasteiger partial charge < -0.3 is 4.90 Å². The molecule has 4 rings (SSSR count). The van der Waals surface area contributed by atoms with Crippen molar-refractivity contribution >= 4 is 5.91 Å². The summed E-state index contributed by atoms with van der Waals surface area (Å²) in [5.74, 6) is 0.286. The maximum Gasteiger partial charge on any atom is 0.417 e. The zero-order valence-electron chi connectivity index (χ0n) is 20.3. The molecular weight excluding hydrogens is 451 g/mol. The Morgan fingerprint density at radius 3 is 2.57 bits per heavy atom. The van der Waals surface area contributed by atoms with Gasteiger partial charge in [-0.05, 0) is 86.9 Å². The van der Waals surface area contributed by atoms with E-state index in [4.69, 9.17) is 0 Å². The quantitative estimate of drug-likeness (QED) is 0.410. The Labute approximate surface area is 204 Å². The van der Waals surface area contributed by atoms with Crippen molar-refractivity contribution in [3.8, 4) is 11.1 Å². The molecule has 3 heterocycles. The van der Waals surface area contributed by atoms with E-state index >= 15 is 0 Å². The van der Waals surface area contributed by atoms with Crippen LogP contribution in [0.2, 0.25) is 0 Å². The number of aromatic nitrogens is 2. The van der Waals surface area contributed by atoms with Crippen molar-refractivity contribution in [3.63, 3.8) is 0 Å². The van der Waals surface area contributed by atoms with Crippen LogP contribution >= 0.6 is 0 Å². The van der Waals surface area contributed by atoms with Gasteiger partial charge in [0.2, 0.25) is 0 Å². The van der Waals surface area contributed by atoms with Crippen molar-refractivity contribution in [2.75, 3.05) is 6.54 Å². The molecule has 0 unspecified atom stereocenters. The Morgan fingerprint density at radius 1 is 1.09 bits per heavy atom. The zero-order valence-corrected chi connectivity index (χ0v) is 20.3. The van der Waals surface area contributed by atoms with Gasteiger partial charge in [-0.25, -0.2) is 0 Å². The van der Waals surface area contributed by atoms with Crippen molar-refractivity contribution in [1.29, 1.82) is 0 Å². The minimum absolute atomic E-state index is 0.00454. The molecule has 4 nitrogen and oxygen atoms in total. The molecule has 7 heteroatoms. The average molecular weight is 482 g/mol. The van der Waals surface area contributed by atoms with E-state index in [2.05, 4.69) is 16.9 Å². The fourth-order valence-corrected chi connectivity index (χ4v) is 4.93. The Balaban J connectivity index is 1.58. The normalized spacial score (nSPS) is 18.5. The summed E-state index contributed by atoms with van der Waals surface area (Å²) >= 11 is 0. The molecule has 1 aliphatic rings. The minimum atomic E-state index is -4.40. The summed E-state index contributed by atoms with van der Waals surface area (Å²) in [7, 11) is 0. The van der Waals surface area contributed by atoms with Crippen LogP contribution in [0.15, 0.2) is 54.9 Å². The molecular formula is C28H30F3N3O. The number of rotatable bonds is 5. The van der Waals surface area contributed by atoms with Crippen LogP contribution in [0.3, 0.4) is 0 Å². The number of hydrogen-bond acceptors (Lipinski definition) is 3. The topological polar surface area (TPSA) is 46.1 Å². The van der Waals surface area contributed by atoms with Crippen LogP contribution < -0.4 is 0 Å². The molecule has 0 aliphatic carbocycles. The highest BCUT2D eigenvalue weighted by Gasteiger charge is 2.34. The molecule has 1 saturated heterocycles. The van der Waals surface area contributed by atoms with Crippen LogP contribution in [0.25, 0.3) is 11.1 Å². The summed E-state index contributed by atoms with van der Waals surface area (Å²) in [5.41, 5.74) is 4.26. The Hall–Kier alpha value is -3.22. The smallest absolute Gasteiger partial charge is 0.335 e. The molecule has 0 N–H and O–H groups in total. The summed E-state index contributed by atoms with van der Waals surface area (Å²) in [6, 6.07) is 12.3. The van der Waals surface area contributed by atoms with Gasteiger partial charge in [0.15, 0.2) is 0 Å². The van der Waals surface area contributed by atoms with Crippen molar-refractivity contribution in [2.45, 2.75) is 58.7 Å². The van der Waals surface area contributed by atoms with Gasteiger partial charge in [-0.1, -0.05) is 24.6 Å². The van der Waals surface area contributed by atoms with Gasteiger partial charge in [-0.2, -0.15) is 13.2 Å². The van der Waals surface area contributed by atoms with Crippen molar-refractivity contribution in [3.05, 3.63) is 82.9 Å². The van der Waals surface area contributed by atoms with E-state index in [0.717, 1.165) is 47.5 Å². The number of carbonyl (C=O) groups is 1. The highest BCUT2D eigenvalue weighted by Crippen LogP contribution is 2.32. The predicted molar refractivity (Wildman–Crippen MR) is 130 cm³/mol. The highest BCUT2D eigenvalue weighted by molar-refractivity contribution is 6.01. The number of nitrogens with zero attached hydrogens (tertiary/aromatic N) is 3. The van der Waals surface area contributed by atoms with Crippen LogP contribution in [-0.4, -0.2) is 33.4 Å². The van der Waals surface area contributed by atoms with Crippen LogP contribution in [-0.2, 0) is 12.6 Å². The van der Waals surface area contributed by atoms with Crippen LogP contribution in [0.4, 0.5) is 13.2 Å². The maximum absolute atomic E-state index is 13.9. The summed E-state index contributed by atoms with van der Waals surface area (Å²) in [6.45, 7) is 6.71. The van der Waals surface area contributed by atoms with Gasteiger partial charge in [0.05, 0.1) is 5.56 Å². The minimum Gasteiger partial charge on any atom is -0.335 e. The first-order chi connectivity index (χ1) is 16.6. The number of benzene rings is 1. The second-order valence-corrected chi connectivity index (χ2v) is 9.49. The lowest BCUT2D eigenvalue weighted by Gasteiger charge is -2.40. The van der Waals surface area contributed by atoms with E-state index in [0.29, 0.717) is 36.6 Å². The molecule has 0 radical (unpaired) electrons. The van der Waals surface area contributed by atoms with Gasteiger partial charge in [-0.3, -0.25) is 14.8 Å². The summed E-state index contributed by atoms with van der Waals surface area (Å²) in [6.07, 6.45) is 1.35. The molecule has 1 amide bonds. The lowest BCUT2D eigenvalue weighted by atomic mass is 9.86. The molecule has 184 valence electrons. The maximum atomic E-state index is 13.9. The largest absolute Gasteiger partial charge is 0.417 e. The second-order valence-electron chi connectivity index (χ2n) is 9.49. The molecule has 3 aromatic rings. The van der Waals surface area contributed by atoms with Gasteiger partial charge in [0, 0.05) is 41.9 Å². The average Bonchev–Trinajstić information content (AvgIpc) is 2.82. The number of likely N-dealkylation sites (tertiary alicyclic amines) is 1. The van der Waals surface area contributed by atoms with Crippen LogP contribution in [0.1, 0.15) is 59.1 Å². The number of halogens is 3. The standard InChI is InChI=1S/C28H30F3N3O/c1-18-6-10-24(21-12-13-32-20(3)16-21)25(15-18)27(35)34-14-4-5-19(2)26(34)11-9-23-8-7-22(17-33-23)28(29,30)31/h6-8,10,12-13,15-17,19,26H,4-5,9,11,14H2,1-3H3/t19-,26-/m1/s1. The Kier molecular flexibility index (Phi) is 7.24. The van der Waals surface area contributed by atoms with Crippen molar-refractivity contribution < 1.29 is 18.0 Å².